The first kappa shape index (κ1) is 21.0. The molecule has 4 aromatic heterocycles. The molecule has 0 spiro atoms. The van der Waals surface area contributed by atoms with Crippen molar-refractivity contribution < 1.29 is 17.6 Å². The standard InChI is InChI=1S/C24H14F4N6O/c25-14-6-4-13(5-7-14)11-33-12-17-15-8-9-20(24(26,27)28)30-22(15)34(23(35)21(17)32-33)19-3-1-2-18-16(19)10-29-31-18/h1-10,12H,11H2,(H,29,31). The average Bonchev–Trinajstić information content (AvgIpc) is 3.48. The summed E-state index contributed by atoms with van der Waals surface area (Å²) < 4.78 is 56.5. The van der Waals surface area contributed by atoms with Crippen LogP contribution in [-0.4, -0.2) is 29.5 Å². The highest BCUT2D eigenvalue weighted by Crippen LogP contribution is 2.32. The number of alkyl halides is 3. The van der Waals surface area contributed by atoms with E-state index >= 15 is 0 Å². The molecule has 0 saturated carbocycles. The van der Waals surface area contributed by atoms with Crippen LogP contribution in [-0.2, 0) is 12.7 Å². The van der Waals surface area contributed by atoms with Crippen LogP contribution >= 0.6 is 0 Å². The molecule has 11 heteroatoms. The highest BCUT2D eigenvalue weighted by atomic mass is 19.4. The largest absolute Gasteiger partial charge is 0.433 e. The van der Waals surface area contributed by atoms with E-state index < -0.39 is 17.4 Å². The number of hydrogen-bond acceptors (Lipinski definition) is 4. The quantitative estimate of drug-likeness (QED) is 0.370. The zero-order valence-electron chi connectivity index (χ0n) is 17.7. The molecular formula is C24H14F4N6O. The molecule has 0 atom stereocenters. The van der Waals surface area contributed by atoms with Crippen molar-refractivity contribution >= 4 is 32.8 Å². The van der Waals surface area contributed by atoms with Gasteiger partial charge in [-0.1, -0.05) is 18.2 Å². The van der Waals surface area contributed by atoms with Crippen molar-refractivity contribution in [3.05, 3.63) is 94.4 Å². The molecule has 4 heterocycles. The van der Waals surface area contributed by atoms with Gasteiger partial charge in [0.15, 0.2) is 5.52 Å². The molecule has 0 unspecified atom stereocenters. The van der Waals surface area contributed by atoms with Crippen molar-refractivity contribution in [3.63, 3.8) is 0 Å². The Morgan fingerprint density at radius 2 is 1.74 bits per heavy atom. The van der Waals surface area contributed by atoms with Crippen molar-refractivity contribution in [1.82, 2.24) is 29.5 Å². The van der Waals surface area contributed by atoms with Crippen LogP contribution in [0.5, 0.6) is 0 Å². The first-order chi connectivity index (χ1) is 16.8. The number of halogens is 4. The first-order valence-corrected chi connectivity index (χ1v) is 10.5. The Bertz CT molecular complexity index is 1800. The van der Waals surface area contributed by atoms with Crippen molar-refractivity contribution in [2.24, 2.45) is 0 Å². The molecule has 35 heavy (non-hydrogen) atoms. The van der Waals surface area contributed by atoms with Crippen LogP contribution in [0, 0.1) is 5.82 Å². The highest BCUT2D eigenvalue weighted by Gasteiger charge is 2.33. The zero-order valence-corrected chi connectivity index (χ0v) is 17.7. The minimum Gasteiger partial charge on any atom is -0.278 e. The van der Waals surface area contributed by atoms with E-state index in [0.717, 1.165) is 16.2 Å². The minimum atomic E-state index is -4.70. The zero-order chi connectivity index (χ0) is 24.3. The molecule has 0 bridgehead atoms. The number of pyridine rings is 2. The second-order valence-corrected chi connectivity index (χ2v) is 8.03. The lowest BCUT2D eigenvalue weighted by Crippen LogP contribution is -2.21. The number of H-pyrrole nitrogens is 1. The van der Waals surface area contributed by atoms with Gasteiger partial charge in [-0.15, -0.1) is 0 Å². The summed E-state index contributed by atoms with van der Waals surface area (Å²) in [6.45, 7) is 0.237. The van der Waals surface area contributed by atoms with Crippen molar-refractivity contribution in [2.75, 3.05) is 0 Å². The second kappa shape index (κ2) is 7.49. The topological polar surface area (TPSA) is 81.4 Å². The van der Waals surface area contributed by atoms with Gasteiger partial charge in [0.05, 0.1) is 23.9 Å². The smallest absolute Gasteiger partial charge is 0.278 e. The normalized spacial score (nSPS) is 12.2. The molecule has 6 rings (SSSR count). The van der Waals surface area contributed by atoms with Crippen LogP contribution in [0.25, 0.3) is 38.5 Å². The predicted octanol–water partition coefficient (Wildman–Crippen LogP) is 4.82. The summed E-state index contributed by atoms with van der Waals surface area (Å²) in [7, 11) is 0. The van der Waals surface area contributed by atoms with Crippen molar-refractivity contribution in [1.29, 1.82) is 0 Å². The number of aromatic nitrogens is 6. The van der Waals surface area contributed by atoms with E-state index in [1.807, 2.05) is 0 Å². The first-order valence-electron chi connectivity index (χ1n) is 10.5. The van der Waals surface area contributed by atoms with E-state index in [4.69, 9.17) is 0 Å². The minimum absolute atomic E-state index is 0.0710. The number of nitrogens with zero attached hydrogens (tertiary/aromatic N) is 5. The molecule has 0 radical (unpaired) electrons. The summed E-state index contributed by atoms with van der Waals surface area (Å²) in [4.78, 5) is 17.5. The lowest BCUT2D eigenvalue weighted by Gasteiger charge is -2.13. The van der Waals surface area contributed by atoms with Gasteiger partial charge >= 0.3 is 6.18 Å². The number of benzene rings is 2. The Balaban J connectivity index is 1.66. The Labute approximate surface area is 193 Å². The molecular weight excluding hydrogens is 464 g/mol. The van der Waals surface area contributed by atoms with Gasteiger partial charge in [-0.2, -0.15) is 23.4 Å². The van der Waals surface area contributed by atoms with Crippen LogP contribution in [0.3, 0.4) is 0 Å². The summed E-state index contributed by atoms with van der Waals surface area (Å²) in [5, 5.41) is 12.4. The van der Waals surface area contributed by atoms with Crippen LogP contribution in [0.4, 0.5) is 17.6 Å². The molecule has 0 aliphatic heterocycles. The van der Waals surface area contributed by atoms with Gasteiger partial charge in [-0.25, -0.2) is 9.37 Å². The summed E-state index contributed by atoms with van der Waals surface area (Å²) in [6.07, 6.45) is -1.62. The maximum absolute atomic E-state index is 13.7. The molecule has 1 N–H and O–H groups in total. The molecule has 2 aromatic carbocycles. The summed E-state index contributed by atoms with van der Waals surface area (Å²) >= 11 is 0. The van der Waals surface area contributed by atoms with Crippen LogP contribution in [0.1, 0.15) is 11.3 Å². The summed E-state index contributed by atoms with van der Waals surface area (Å²) in [5.41, 5.74) is -0.135. The SMILES string of the molecule is O=c1c2nn(Cc3ccc(F)cc3)cc2c2ccc(C(F)(F)F)nc2n1-c1cccc2[nH]ncc12. The van der Waals surface area contributed by atoms with Crippen LogP contribution in [0.2, 0.25) is 0 Å². The Morgan fingerprint density at radius 3 is 2.51 bits per heavy atom. The third kappa shape index (κ3) is 3.43. The van der Waals surface area contributed by atoms with E-state index in [1.165, 1.54) is 29.1 Å². The fraction of sp³-hybridized carbons (Fsp3) is 0.0833. The maximum Gasteiger partial charge on any atom is 0.433 e. The summed E-state index contributed by atoms with van der Waals surface area (Å²) in [5.74, 6) is -0.381. The number of rotatable bonds is 3. The molecule has 174 valence electrons. The fourth-order valence-corrected chi connectivity index (χ4v) is 4.19. The van der Waals surface area contributed by atoms with Crippen LogP contribution < -0.4 is 5.56 Å². The molecule has 6 aromatic rings. The van der Waals surface area contributed by atoms with E-state index in [0.29, 0.717) is 27.4 Å². The number of aromatic amines is 1. The maximum atomic E-state index is 13.7. The van der Waals surface area contributed by atoms with Gasteiger partial charge in [-0.05, 0) is 42.0 Å². The van der Waals surface area contributed by atoms with Gasteiger partial charge in [0.2, 0.25) is 0 Å². The third-order valence-corrected chi connectivity index (χ3v) is 5.80. The lowest BCUT2D eigenvalue weighted by atomic mass is 10.1. The Kier molecular flexibility index (Phi) is 4.50. The number of nitrogens with one attached hydrogen (secondary N) is 1. The lowest BCUT2D eigenvalue weighted by molar-refractivity contribution is -0.141. The van der Waals surface area contributed by atoms with Crippen molar-refractivity contribution in [2.45, 2.75) is 12.7 Å². The van der Waals surface area contributed by atoms with E-state index in [-0.39, 0.29) is 23.5 Å². The number of hydrogen-bond donors (Lipinski definition) is 1. The Hall–Kier alpha value is -4.54. The second-order valence-electron chi connectivity index (χ2n) is 8.03. The van der Waals surface area contributed by atoms with Crippen molar-refractivity contribution in [3.8, 4) is 5.69 Å². The number of fused-ring (bicyclic) bond motifs is 4. The third-order valence-electron chi connectivity index (χ3n) is 5.80. The fourth-order valence-electron chi connectivity index (χ4n) is 4.19. The molecule has 0 saturated heterocycles. The van der Waals surface area contributed by atoms with Gasteiger partial charge in [0.25, 0.3) is 5.56 Å². The molecule has 7 nitrogen and oxygen atoms in total. The highest BCUT2D eigenvalue weighted by molar-refractivity contribution is 6.04. The Morgan fingerprint density at radius 1 is 0.943 bits per heavy atom. The summed E-state index contributed by atoms with van der Waals surface area (Å²) in [6, 6.07) is 13.0. The van der Waals surface area contributed by atoms with Gasteiger partial charge in [0.1, 0.15) is 17.2 Å². The van der Waals surface area contributed by atoms with Gasteiger partial charge in [-0.3, -0.25) is 19.1 Å². The van der Waals surface area contributed by atoms with E-state index in [2.05, 4.69) is 20.3 Å². The predicted molar refractivity (Wildman–Crippen MR) is 121 cm³/mol. The van der Waals surface area contributed by atoms with E-state index in [9.17, 15) is 22.4 Å². The molecule has 0 aliphatic carbocycles. The average molecular weight is 478 g/mol. The molecule has 0 aliphatic rings. The van der Waals surface area contributed by atoms with Gasteiger partial charge in [0, 0.05) is 22.4 Å². The van der Waals surface area contributed by atoms with E-state index in [1.54, 1.807) is 36.5 Å². The molecule has 0 amide bonds. The van der Waals surface area contributed by atoms with Gasteiger partial charge < -0.3 is 0 Å². The molecule has 0 fully saturated rings. The van der Waals surface area contributed by atoms with Crippen LogP contribution in [0.15, 0.2) is 71.8 Å². The monoisotopic (exact) mass is 478 g/mol.